The Kier molecular flexibility index (Phi) is 8.18. The molecule has 2 fully saturated rings. The van der Waals surface area contributed by atoms with Gasteiger partial charge in [-0.15, -0.1) is 0 Å². The van der Waals surface area contributed by atoms with Gasteiger partial charge in [-0.05, 0) is 30.4 Å². The van der Waals surface area contributed by atoms with Gasteiger partial charge in [-0.1, -0.05) is 60.7 Å². The van der Waals surface area contributed by atoms with E-state index < -0.39 is 12.1 Å². The van der Waals surface area contributed by atoms with Crippen LogP contribution in [0.5, 0.6) is 0 Å². The third-order valence-electron chi connectivity index (χ3n) is 6.14. The first-order valence-corrected chi connectivity index (χ1v) is 12.7. The zero-order valence-electron chi connectivity index (χ0n) is 18.7. The van der Waals surface area contributed by atoms with Crippen LogP contribution in [-0.4, -0.2) is 59.6 Å². The highest BCUT2D eigenvalue weighted by molar-refractivity contribution is 7.98. The van der Waals surface area contributed by atoms with Crippen LogP contribution in [-0.2, 0) is 31.3 Å². The van der Waals surface area contributed by atoms with Gasteiger partial charge < -0.3 is 15.0 Å². The Balaban J connectivity index is 1.41. The number of ether oxygens (including phenoxy) is 1. The van der Waals surface area contributed by atoms with Gasteiger partial charge in [-0.25, -0.2) is 0 Å². The second-order valence-electron chi connectivity index (χ2n) is 8.54. The summed E-state index contributed by atoms with van der Waals surface area (Å²) in [5, 5.41) is 2.96. The maximum absolute atomic E-state index is 13.5. The van der Waals surface area contributed by atoms with E-state index in [1.54, 1.807) is 16.7 Å². The molecule has 1 N–H and O–H groups in total. The van der Waals surface area contributed by atoms with E-state index in [-0.39, 0.29) is 30.3 Å². The number of nitrogens with zero attached hydrogens (tertiary/aromatic N) is 1. The Bertz CT molecular complexity index is 953. The summed E-state index contributed by atoms with van der Waals surface area (Å²) in [6, 6.07) is 18.7. The van der Waals surface area contributed by atoms with Crippen molar-refractivity contribution in [2.24, 2.45) is 0 Å². The summed E-state index contributed by atoms with van der Waals surface area (Å²) in [4.78, 5) is 40.3. The predicted molar refractivity (Wildman–Crippen MR) is 129 cm³/mol. The van der Waals surface area contributed by atoms with Crippen molar-refractivity contribution in [1.29, 1.82) is 0 Å². The second-order valence-corrected chi connectivity index (χ2v) is 9.57. The Morgan fingerprint density at radius 1 is 1.06 bits per heavy atom. The van der Waals surface area contributed by atoms with Crippen LogP contribution in [0.3, 0.4) is 0 Å². The fourth-order valence-electron chi connectivity index (χ4n) is 4.45. The number of benzene rings is 2. The largest absolute Gasteiger partial charge is 0.368 e. The molecule has 2 aromatic rings. The minimum Gasteiger partial charge on any atom is -0.368 e. The molecule has 0 aromatic heterocycles. The highest BCUT2D eigenvalue weighted by atomic mass is 32.2. The van der Waals surface area contributed by atoms with Crippen LogP contribution in [0.25, 0.3) is 0 Å². The summed E-state index contributed by atoms with van der Waals surface area (Å²) >= 11 is 1.61. The van der Waals surface area contributed by atoms with Crippen molar-refractivity contribution < 1.29 is 19.1 Å². The minimum absolute atomic E-state index is 0.0425. The van der Waals surface area contributed by atoms with Crippen LogP contribution < -0.4 is 5.32 Å². The normalized spacial score (nSPS) is 20.8. The molecule has 2 aliphatic rings. The number of piperidine rings is 1. The van der Waals surface area contributed by atoms with Crippen LogP contribution in [0.2, 0.25) is 0 Å². The van der Waals surface area contributed by atoms with E-state index in [0.29, 0.717) is 25.1 Å². The van der Waals surface area contributed by atoms with Crippen molar-refractivity contribution in [3.05, 3.63) is 71.8 Å². The number of amides is 2. The molecule has 0 spiro atoms. The highest BCUT2D eigenvalue weighted by Gasteiger charge is 2.45. The molecule has 0 bridgehead atoms. The van der Waals surface area contributed by atoms with Gasteiger partial charge in [0.2, 0.25) is 11.8 Å². The summed E-state index contributed by atoms with van der Waals surface area (Å²) < 4.78 is 5.60. The molecule has 3 unspecified atom stereocenters. The van der Waals surface area contributed by atoms with E-state index in [2.05, 4.69) is 5.32 Å². The van der Waals surface area contributed by atoms with Crippen molar-refractivity contribution in [2.75, 3.05) is 18.9 Å². The second kappa shape index (κ2) is 11.5. The molecule has 0 aliphatic carbocycles. The van der Waals surface area contributed by atoms with Gasteiger partial charge in [0.25, 0.3) is 0 Å². The van der Waals surface area contributed by atoms with Gasteiger partial charge in [0, 0.05) is 24.5 Å². The summed E-state index contributed by atoms with van der Waals surface area (Å²) in [6.07, 6.45) is 2.29. The smallest absolute Gasteiger partial charge is 0.246 e. The Labute approximate surface area is 199 Å². The molecule has 2 saturated heterocycles. The fraction of sp³-hybridized carbons (Fsp3) is 0.423. The number of rotatable bonds is 9. The molecular weight excluding hydrogens is 436 g/mol. The summed E-state index contributed by atoms with van der Waals surface area (Å²) in [5.74, 6) is 0.822. The molecule has 174 valence electrons. The Morgan fingerprint density at radius 3 is 2.48 bits per heavy atom. The third kappa shape index (κ3) is 6.24. The number of hydrogen-bond acceptors (Lipinski definition) is 5. The molecule has 3 atom stereocenters. The van der Waals surface area contributed by atoms with Gasteiger partial charge in [0.15, 0.2) is 5.78 Å². The predicted octanol–water partition coefficient (Wildman–Crippen LogP) is 3.00. The maximum Gasteiger partial charge on any atom is 0.246 e. The van der Waals surface area contributed by atoms with Crippen LogP contribution in [0.1, 0.15) is 30.4 Å². The number of hydrogen-bond donors (Lipinski definition) is 1. The van der Waals surface area contributed by atoms with Crippen LogP contribution in [0, 0.1) is 0 Å². The molecule has 2 heterocycles. The molecule has 4 rings (SSSR count). The summed E-state index contributed by atoms with van der Waals surface area (Å²) in [5.41, 5.74) is 2.25. The fourth-order valence-corrected chi connectivity index (χ4v) is 5.46. The lowest BCUT2D eigenvalue weighted by molar-refractivity contribution is -0.143. The quantitative estimate of drug-likeness (QED) is 0.615. The van der Waals surface area contributed by atoms with E-state index in [9.17, 15) is 14.4 Å². The van der Waals surface area contributed by atoms with E-state index in [1.165, 1.54) is 5.56 Å². The standard InChI is InChI=1S/C26H30N2O4S/c29-22-16-32-23-12-7-15-28(25(22)23)26(31)21(18-33-17-20-10-5-2-6-11-20)27-24(30)14-13-19-8-3-1-4-9-19/h1-6,8-11,21,23,25H,7,12-18H2,(H,27,30). The molecule has 2 amide bonds. The van der Waals surface area contributed by atoms with Crippen molar-refractivity contribution in [3.63, 3.8) is 0 Å². The Hall–Kier alpha value is -2.64. The van der Waals surface area contributed by atoms with Gasteiger partial charge in [-0.2, -0.15) is 11.8 Å². The van der Waals surface area contributed by atoms with Crippen LogP contribution in [0.15, 0.2) is 60.7 Å². The third-order valence-corrected chi connectivity index (χ3v) is 7.25. The monoisotopic (exact) mass is 466 g/mol. The molecule has 0 saturated carbocycles. The molecule has 33 heavy (non-hydrogen) atoms. The molecular formula is C26H30N2O4S. The number of ketones is 1. The number of thioether (sulfide) groups is 1. The first-order chi connectivity index (χ1) is 16.1. The topological polar surface area (TPSA) is 75.7 Å². The molecule has 0 radical (unpaired) electrons. The maximum atomic E-state index is 13.5. The number of nitrogens with one attached hydrogen (secondary N) is 1. The van der Waals surface area contributed by atoms with Crippen molar-refractivity contribution in [3.8, 4) is 0 Å². The Morgan fingerprint density at radius 2 is 1.76 bits per heavy atom. The summed E-state index contributed by atoms with van der Waals surface area (Å²) in [6.45, 7) is 0.588. The number of carbonyl (C=O) groups is 3. The minimum atomic E-state index is -0.672. The van der Waals surface area contributed by atoms with E-state index in [0.717, 1.165) is 24.2 Å². The van der Waals surface area contributed by atoms with Crippen molar-refractivity contribution >= 4 is 29.4 Å². The van der Waals surface area contributed by atoms with Gasteiger partial charge in [0.1, 0.15) is 18.7 Å². The first kappa shape index (κ1) is 23.5. The van der Waals surface area contributed by atoms with Crippen molar-refractivity contribution in [2.45, 2.75) is 49.6 Å². The number of aryl methyl sites for hydroxylation is 1. The van der Waals surface area contributed by atoms with E-state index in [4.69, 9.17) is 4.74 Å². The van der Waals surface area contributed by atoms with E-state index in [1.807, 2.05) is 60.7 Å². The lowest BCUT2D eigenvalue weighted by Crippen LogP contribution is -2.58. The van der Waals surface area contributed by atoms with Crippen LogP contribution >= 0.6 is 11.8 Å². The number of fused-ring (bicyclic) bond motifs is 1. The molecule has 7 heteroatoms. The highest BCUT2D eigenvalue weighted by Crippen LogP contribution is 2.27. The molecule has 2 aliphatic heterocycles. The van der Waals surface area contributed by atoms with Gasteiger partial charge >= 0.3 is 0 Å². The van der Waals surface area contributed by atoms with Crippen molar-refractivity contribution in [1.82, 2.24) is 10.2 Å². The lowest BCUT2D eigenvalue weighted by Gasteiger charge is -2.37. The zero-order valence-corrected chi connectivity index (χ0v) is 19.5. The average molecular weight is 467 g/mol. The van der Waals surface area contributed by atoms with Gasteiger partial charge in [-0.3, -0.25) is 14.4 Å². The van der Waals surface area contributed by atoms with Gasteiger partial charge in [0.05, 0.1) is 6.10 Å². The number of likely N-dealkylation sites (tertiary alicyclic amines) is 1. The van der Waals surface area contributed by atoms with Crippen LogP contribution in [0.4, 0.5) is 0 Å². The average Bonchev–Trinajstić information content (AvgIpc) is 3.24. The summed E-state index contributed by atoms with van der Waals surface area (Å²) in [7, 11) is 0. The lowest BCUT2D eigenvalue weighted by atomic mass is 9.97. The zero-order chi connectivity index (χ0) is 23.0. The number of Topliss-reactive ketones (excluding diaryl/α,β-unsaturated/α-hetero) is 1. The number of carbonyl (C=O) groups excluding carboxylic acids is 3. The molecule has 2 aromatic carbocycles. The molecule has 6 nitrogen and oxygen atoms in total. The van der Waals surface area contributed by atoms with E-state index >= 15 is 0 Å². The SMILES string of the molecule is O=C(CCc1ccccc1)NC(CSCc1ccccc1)C(=O)N1CCCC2OCC(=O)C21. The first-order valence-electron chi connectivity index (χ1n) is 11.5.